The standard InChI is InChI=1S/C15H20BrNO3S/c1-10(11-3-5-12(16)6-4-11)9-14(18)17-13(15(19)20)7-8-21-2/h3-6,10,13H,7-9H2,1-2H3,(H,17,18)(H,19,20)/t10?,13-/m0/s1. The maximum absolute atomic E-state index is 12.0. The zero-order valence-corrected chi connectivity index (χ0v) is 14.5. The third-order valence-corrected chi connectivity index (χ3v) is 4.35. The molecule has 0 aliphatic heterocycles. The molecule has 0 heterocycles. The number of carboxylic acids is 1. The first kappa shape index (κ1) is 18.0. The van der Waals surface area contributed by atoms with E-state index >= 15 is 0 Å². The fourth-order valence-corrected chi connectivity index (χ4v) is 2.67. The Morgan fingerprint density at radius 1 is 1.33 bits per heavy atom. The Balaban J connectivity index is 2.54. The first-order valence-electron chi connectivity index (χ1n) is 6.70. The van der Waals surface area contributed by atoms with Gasteiger partial charge in [-0.25, -0.2) is 4.79 Å². The quantitative estimate of drug-likeness (QED) is 0.733. The van der Waals surface area contributed by atoms with Gasteiger partial charge in [0.1, 0.15) is 6.04 Å². The molecule has 1 rings (SSSR count). The van der Waals surface area contributed by atoms with Crippen LogP contribution in [0.25, 0.3) is 0 Å². The summed E-state index contributed by atoms with van der Waals surface area (Å²) in [6.45, 7) is 1.96. The van der Waals surface area contributed by atoms with Crippen LogP contribution < -0.4 is 5.32 Å². The Bertz CT molecular complexity index is 478. The van der Waals surface area contributed by atoms with E-state index < -0.39 is 12.0 Å². The molecule has 4 nitrogen and oxygen atoms in total. The Kier molecular flexibility index (Phi) is 7.82. The van der Waals surface area contributed by atoms with Crippen molar-refractivity contribution in [3.8, 4) is 0 Å². The van der Waals surface area contributed by atoms with Crippen LogP contribution in [0, 0.1) is 0 Å². The molecule has 0 fully saturated rings. The minimum absolute atomic E-state index is 0.0492. The molecule has 1 unspecified atom stereocenters. The van der Waals surface area contributed by atoms with Crippen LogP contribution in [-0.2, 0) is 9.59 Å². The normalized spacial score (nSPS) is 13.5. The van der Waals surface area contributed by atoms with E-state index in [-0.39, 0.29) is 18.2 Å². The van der Waals surface area contributed by atoms with E-state index in [0.717, 1.165) is 10.0 Å². The highest BCUT2D eigenvalue weighted by Gasteiger charge is 2.20. The molecule has 0 saturated heterocycles. The van der Waals surface area contributed by atoms with Gasteiger partial charge in [-0.2, -0.15) is 11.8 Å². The molecule has 0 bridgehead atoms. The van der Waals surface area contributed by atoms with Gasteiger partial charge in [-0.1, -0.05) is 35.0 Å². The first-order chi connectivity index (χ1) is 9.93. The fourth-order valence-electron chi connectivity index (χ4n) is 1.93. The van der Waals surface area contributed by atoms with E-state index in [9.17, 15) is 9.59 Å². The SMILES string of the molecule is CSCC[C@H](NC(=O)CC(C)c1ccc(Br)cc1)C(=O)O. The highest BCUT2D eigenvalue weighted by atomic mass is 79.9. The van der Waals surface area contributed by atoms with Gasteiger partial charge >= 0.3 is 5.97 Å². The summed E-state index contributed by atoms with van der Waals surface area (Å²) >= 11 is 4.94. The second-order valence-electron chi connectivity index (χ2n) is 4.90. The van der Waals surface area contributed by atoms with Crippen molar-refractivity contribution >= 4 is 39.6 Å². The lowest BCUT2D eigenvalue weighted by atomic mass is 9.97. The average molecular weight is 374 g/mol. The van der Waals surface area contributed by atoms with Gasteiger partial charge in [0, 0.05) is 10.9 Å². The van der Waals surface area contributed by atoms with E-state index in [1.807, 2.05) is 37.4 Å². The molecule has 1 amide bonds. The van der Waals surface area contributed by atoms with Crippen molar-refractivity contribution in [1.82, 2.24) is 5.32 Å². The van der Waals surface area contributed by atoms with Crippen molar-refractivity contribution < 1.29 is 14.7 Å². The molecule has 0 aliphatic carbocycles. The molecule has 0 saturated carbocycles. The minimum atomic E-state index is -0.978. The molecule has 2 N–H and O–H groups in total. The summed E-state index contributed by atoms with van der Waals surface area (Å²) < 4.78 is 0.992. The van der Waals surface area contributed by atoms with E-state index in [0.29, 0.717) is 12.2 Å². The van der Waals surface area contributed by atoms with Crippen LogP contribution in [-0.4, -0.2) is 35.0 Å². The van der Waals surface area contributed by atoms with Crippen LogP contribution in [0.5, 0.6) is 0 Å². The zero-order chi connectivity index (χ0) is 15.8. The van der Waals surface area contributed by atoms with Crippen LogP contribution in [0.4, 0.5) is 0 Å². The number of rotatable bonds is 8. The van der Waals surface area contributed by atoms with E-state index in [1.165, 1.54) is 0 Å². The monoisotopic (exact) mass is 373 g/mol. The van der Waals surface area contributed by atoms with Gasteiger partial charge in [-0.15, -0.1) is 0 Å². The average Bonchev–Trinajstić information content (AvgIpc) is 2.43. The van der Waals surface area contributed by atoms with E-state index in [4.69, 9.17) is 5.11 Å². The largest absolute Gasteiger partial charge is 0.480 e. The van der Waals surface area contributed by atoms with Crippen LogP contribution in [0.1, 0.15) is 31.2 Å². The summed E-state index contributed by atoms with van der Waals surface area (Å²) in [5, 5.41) is 11.7. The summed E-state index contributed by atoms with van der Waals surface area (Å²) in [6.07, 6.45) is 2.63. The number of carboxylic acid groups (broad SMARTS) is 1. The number of amides is 1. The Hall–Kier alpha value is -1.01. The maximum atomic E-state index is 12.0. The summed E-state index contributed by atoms with van der Waals surface area (Å²) in [4.78, 5) is 23.1. The molecule has 2 atom stereocenters. The van der Waals surface area contributed by atoms with Crippen molar-refractivity contribution in [2.45, 2.75) is 31.7 Å². The second-order valence-corrected chi connectivity index (χ2v) is 6.80. The molecule has 1 aromatic carbocycles. The maximum Gasteiger partial charge on any atom is 0.326 e. The molecule has 0 radical (unpaired) electrons. The van der Waals surface area contributed by atoms with Gasteiger partial charge in [0.05, 0.1) is 0 Å². The smallest absolute Gasteiger partial charge is 0.326 e. The third-order valence-electron chi connectivity index (χ3n) is 3.17. The lowest BCUT2D eigenvalue weighted by molar-refractivity contribution is -0.141. The van der Waals surface area contributed by atoms with Gasteiger partial charge in [0.25, 0.3) is 0 Å². The summed E-state index contributed by atoms with van der Waals surface area (Å²) in [5.41, 5.74) is 1.06. The lowest BCUT2D eigenvalue weighted by Gasteiger charge is -2.16. The minimum Gasteiger partial charge on any atom is -0.480 e. The zero-order valence-electron chi connectivity index (χ0n) is 12.1. The number of carbonyl (C=O) groups is 2. The molecule has 0 spiro atoms. The summed E-state index contributed by atoms with van der Waals surface area (Å²) in [7, 11) is 0. The molecule has 0 aromatic heterocycles. The highest BCUT2D eigenvalue weighted by molar-refractivity contribution is 9.10. The van der Waals surface area contributed by atoms with Gasteiger partial charge in [0.2, 0.25) is 5.91 Å². The Morgan fingerprint density at radius 3 is 2.48 bits per heavy atom. The molecular weight excluding hydrogens is 354 g/mol. The highest BCUT2D eigenvalue weighted by Crippen LogP contribution is 2.21. The Labute approximate surface area is 137 Å². The molecule has 21 heavy (non-hydrogen) atoms. The topological polar surface area (TPSA) is 66.4 Å². The van der Waals surface area contributed by atoms with Crippen LogP contribution in [0.3, 0.4) is 0 Å². The lowest BCUT2D eigenvalue weighted by Crippen LogP contribution is -2.41. The van der Waals surface area contributed by atoms with Crippen LogP contribution in [0.15, 0.2) is 28.7 Å². The second kappa shape index (κ2) is 9.10. The number of nitrogens with one attached hydrogen (secondary N) is 1. The predicted octanol–water partition coefficient (Wildman–Crippen LogP) is 3.27. The predicted molar refractivity (Wildman–Crippen MR) is 89.7 cm³/mol. The first-order valence-corrected chi connectivity index (χ1v) is 8.89. The van der Waals surface area contributed by atoms with E-state index in [2.05, 4.69) is 21.2 Å². The van der Waals surface area contributed by atoms with Crippen molar-refractivity contribution in [2.75, 3.05) is 12.0 Å². The number of aliphatic carboxylic acids is 1. The van der Waals surface area contributed by atoms with Crippen LogP contribution in [0.2, 0.25) is 0 Å². The number of benzene rings is 1. The molecule has 0 aliphatic rings. The van der Waals surface area contributed by atoms with Gasteiger partial charge < -0.3 is 10.4 Å². The number of carbonyl (C=O) groups excluding carboxylic acids is 1. The van der Waals surface area contributed by atoms with Crippen molar-refractivity contribution in [3.05, 3.63) is 34.3 Å². The molecule has 116 valence electrons. The van der Waals surface area contributed by atoms with Gasteiger partial charge in [-0.05, 0) is 42.0 Å². The van der Waals surface area contributed by atoms with E-state index in [1.54, 1.807) is 11.8 Å². The fraction of sp³-hybridized carbons (Fsp3) is 0.467. The summed E-state index contributed by atoms with van der Waals surface area (Å²) in [6, 6.07) is 6.99. The number of hydrogen-bond acceptors (Lipinski definition) is 3. The van der Waals surface area contributed by atoms with Gasteiger partial charge in [-0.3, -0.25) is 4.79 Å². The third kappa shape index (κ3) is 6.52. The molecule has 1 aromatic rings. The van der Waals surface area contributed by atoms with Crippen molar-refractivity contribution in [3.63, 3.8) is 0 Å². The number of thioether (sulfide) groups is 1. The number of halogens is 1. The van der Waals surface area contributed by atoms with Gasteiger partial charge in [0.15, 0.2) is 0 Å². The van der Waals surface area contributed by atoms with Crippen LogP contribution >= 0.6 is 27.7 Å². The van der Waals surface area contributed by atoms with Crippen molar-refractivity contribution in [1.29, 1.82) is 0 Å². The number of hydrogen-bond donors (Lipinski definition) is 2. The van der Waals surface area contributed by atoms with Crippen molar-refractivity contribution in [2.24, 2.45) is 0 Å². The molecular formula is C15H20BrNO3S. The Morgan fingerprint density at radius 2 is 1.95 bits per heavy atom. The molecule has 6 heteroatoms. The summed E-state index contributed by atoms with van der Waals surface area (Å²) in [5.74, 6) is -0.444.